The van der Waals surface area contributed by atoms with E-state index < -0.39 is 0 Å². The normalized spacial score (nSPS) is 32.9. The molecule has 5 fully saturated rings. The van der Waals surface area contributed by atoms with Gasteiger partial charge in [0.15, 0.2) is 0 Å². The predicted octanol–water partition coefficient (Wildman–Crippen LogP) is 2.59. The second-order valence-electron chi connectivity index (χ2n) is 16.2. The molecule has 5 atom stereocenters. The van der Waals surface area contributed by atoms with Gasteiger partial charge in [-0.15, -0.1) is 6.04 Å². The Morgan fingerprint density at radius 3 is 1.70 bits per heavy atom. The van der Waals surface area contributed by atoms with Gasteiger partial charge in [0.25, 0.3) is 0 Å². The molecule has 0 N–H and O–H groups in total. The number of rotatable bonds is 3. The zero-order valence-electron chi connectivity index (χ0n) is 28.7. The van der Waals surface area contributed by atoms with E-state index in [-0.39, 0.29) is 65.6 Å². The molecule has 0 radical (unpaired) electrons. The van der Waals surface area contributed by atoms with Crippen LogP contribution in [0, 0.1) is 17.8 Å². The van der Waals surface area contributed by atoms with Gasteiger partial charge in [-0.3, -0.25) is 14.7 Å². The van der Waals surface area contributed by atoms with Crippen molar-refractivity contribution in [3.63, 3.8) is 0 Å². The maximum absolute atomic E-state index is 4.37. The Morgan fingerprint density at radius 2 is 1.27 bits per heavy atom. The van der Waals surface area contributed by atoms with Crippen LogP contribution in [0.15, 0.2) is 0 Å². The van der Waals surface area contributed by atoms with Crippen LogP contribution in [0.1, 0.15) is 89.0 Å². The fraction of sp³-hybridized carbons (Fsp3) is 1.00. The summed E-state index contributed by atoms with van der Waals surface area (Å²) >= 11 is 0. The van der Waals surface area contributed by atoms with E-state index in [1.165, 1.54) is 65.1 Å². The molecule has 5 unspecified atom stereocenters. The number of likely N-dealkylation sites (tertiary alicyclic amines) is 4. The molecule has 5 aliphatic rings. The molecule has 6 nitrogen and oxygen atoms in total. The molecule has 40 heavy (non-hydrogen) atoms. The Hall–Kier alpha value is 1.57. The van der Waals surface area contributed by atoms with Crippen LogP contribution < -0.4 is 58.2 Å². The van der Waals surface area contributed by atoms with Gasteiger partial charge >= 0.3 is 58.2 Å². The summed E-state index contributed by atoms with van der Waals surface area (Å²) in [5.74, 6) is 2.74. The summed E-state index contributed by atoms with van der Waals surface area (Å²) < 4.78 is 0. The Kier molecular flexibility index (Phi) is 15.6. The average molecular weight is 635 g/mol. The van der Waals surface area contributed by atoms with E-state index in [1.54, 1.807) is 0 Å². The molecule has 1 aliphatic carbocycles. The van der Waals surface area contributed by atoms with Crippen molar-refractivity contribution < 1.29 is 58.2 Å². The van der Waals surface area contributed by atoms with Crippen molar-refractivity contribution >= 4 is 0 Å². The van der Waals surface area contributed by atoms with Crippen molar-refractivity contribution in [2.45, 2.75) is 124 Å². The fourth-order valence-corrected chi connectivity index (χ4v) is 7.48. The summed E-state index contributed by atoms with van der Waals surface area (Å²) in [6.45, 7) is 29.8. The van der Waals surface area contributed by atoms with Gasteiger partial charge in [-0.05, 0) is 134 Å². The van der Waals surface area contributed by atoms with E-state index in [1.807, 2.05) is 7.05 Å². The molecule has 4 heterocycles. The third-order valence-corrected chi connectivity index (χ3v) is 9.98. The van der Waals surface area contributed by atoms with Crippen LogP contribution in [0.4, 0.5) is 0 Å². The molecule has 0 spiro atoms. The van der Waals surface area contributed by atoms with E-state index in [0.29, 0.717) is 22.7 Å². The van der Waals surface area contributed by atoms with Crippen LogP contribution >= 0.6 is 0 Å². The molecular weight excluding hydrogens is 566 g/mol. The molecule has 0 aromatic carbocycles. The largest absolute Gasteiger partial charge is 1.00 e. The first kappa shape index (κ1) is 39.6. The van der Waals surface area contributed by atoms with Gasteiger partial charge in [-0.2, -0.15) is 7.05 Å². The van der Waals surface area contributed by atoms with Crippen molar-refractivity contribution in [3.05, 3.63) is 5.32 Å². The third kappa shape index (κ3) is 10.6. The number of likely N-dealkylation sites (N-methyl/N-ethyl adjacent to an activating group) is 2. The minimum atomic E-state index is 0. The standard InChI is InChI=1S/C11H22N2.C11H24N2.C10H19N2.CH4.Rb/c1-11(2,3)13-7-9-5-6-12(4)10(9)8-13;1-11(2,3)13-8-6-7-10(13)9-12(4)5;1-10(2,3)12-5-7-8(6-12)9(7)11-4;;/h9-10H,5-8H2,1-4H3;10H,6-9H2,1-5H3;7-9H,5-6H2,1-4H3;1H4;/q;;-1;;+1. The van der Waals surface area contributed by atoms with Crippen molar-refractivity contribution in [1.82, 2.24) is 24.5 Å². The third-order valence-electron chi connectivity index (χ3n) is 9.98. The quantitative estimate of drug-likeness (QED) is 0.477. The first-order chi connectivity index (χ1) is 17.4. The van der Waals surface area contributed by atoms with Crippen molar-refractivity contribution in [2.24, 2.45) is 17.8 Å². The predicted molar refractivity (Wildman–Crippen MR) is 172 cm³/mol. The SMILES string of the molecule is C.CN(C)CC1CCCN1C(C)(C)C.CN1CCC2CN(C(C)(C)C)CC21.C[N-]C1C2CN(C(C)(C)C)CC21.[Rb+]. The zero-order valence-corrected chi connectivity index (χ0v) is 33.6. The van der Waals surface area contributed by atoms with Gasteiger partial charge in [-0.25, -0.2) is 0 Å². The van der Waals surface area contributed by atoms with Crippen LogP contribution in [-0.4, -0.2) is 133 Å². The Morgan fingerprint density at radius 1 is 0.750 bits per heavy atom. The summed E-state index contributed by atoms with van der Waals surface area (Å²) in [6, 6.07) is 2.33. The molecule has 4 saturated heterocycles. The second kappa shape index (κ2) is 15.7. The maximum Gasteiger partial charge on any atom is 1.00 e. The van der Waals surface area contributed by atoms with E-state index >= 15 is 0 Å². The van der Waals surface area contributed by atoms with Gasteiger partial charge in [0.1, 0.15) is 0 Å². The smallest absolute Gasteiger partial charge is 0.662 e. The molecular formula is C33H69N6Rb. The molecule has 1 saturated carbocycles. The first-order valence-electron chi connectivity index (χ1n) is 15.6. The second-order valence-corrected chi connectivity index (χ2v) is 16.2. The Labute approximate surface area is 300 Å². The molecule has 4 aliphatic heterocycles. The number of hydrogen-bond acceptors (Lipinski definition) is 5. The van der Waals surface area contributed by atoms with E-state index in [0.717, 1.165) is 29.8 Å². The van der Waals surface area contributed by atoms with E-state index in [9.17, 15) is 0 Å². The summed E-state index contributed by atoms with van der Waals surface area (Å²) in [6.07, 6.45) is 4.15. The van der Waals surface area contributed by atoms with E-state index in [4.69, 9.17) is 0 Å². The van der Waals surface area contributed by atoms with Gasteiger partial charge in [-0.1, -0.05) is 7.43 Å². The number of piperidine rings is 1. The van der Waals surface area contributed by atoms with Crippen LogP contribution in [0.2, 0.25) is 0 Å². The molecule has 0 aromatic heterocycles. The van der Waals surface area contributed by atoms with Gasteiger partial charge in [0.2, 0.25) is 0 Å². The molecule has 7 heteroatoms. The molecule has 0 bridgehead atoms. The van der Waals surface area contributed by atoms with Crippen LogP contribution in [0.3, 0.4) is 0 Å². The maximum atomic E-state index is 4.37. The minimum Gasteiger partial charge on any atom is -0.662 e. The van der Waals surface area contributed by atoms with Gasteiger partial charge in [0, 0.05) is 61.4 Å². The summed E-state index contributed by atoms with van der Waals surface area (Å²) in [4.78, 5) is 12.7. The molecule has 232 valence electrons. The van der Waals surface area contributed by atoms with Gasteiger partial charge < -0.3 is 15.1 Å². The van der Waals surface area contributed by atoms with Crippen molar-refractivity contribution in [2.75, 3.05) is 74.0 Å². The summed E-state index contributed by atoms with van der Waals surface area (Å²) in [5.41, 5.74) is 1.08. The molecule has 0 aromatic rings. The van der Waals surface area contributed by atoms with Gasteiger partial charge in [0.05, 0.1) is 0 Å². The molecule has 5 rings (SSSR count). The summed E-state index contributed by atoms with van der Waals surface area (Å²) in [5, 5.41) is 4.37. The van der Waals surface area contributed by atoms with Crippen LogP contribution in [-0.2, 0) is 0 Å². The van der Waals surface area contributed by atoms with E-state index in [2.05, 4.69) is 113 Å². The first-order valence-corrected chi connectivity index (χ1v) is 15.6. The molecule has 0 amide bonds. The zero-order chi connectivity index (χ0) is 28.6. The van der Waals surface area contributed by atoms with Crippen molar-refractivity contribution in [3.8, 4) is 0 Å². The van der Waals surface area contributed by atoms with Crippen molar-refractivity contribution in [1.29, 1.82) is 0 Å². The van der Waals surface area contributed by atoms with Crippen LogP contribution in [0.5, 0.6) is 0 Å². The number of hydrogen-bond donors (Lipinski definition) is 0. The van der Waals surface area contributed by atoms with Crippen LogP contribution in [0.25, 0.3) is 5.32 Å². The summed E-state index contributed by atoms with van der Waals surface area (Å²) in [7, 11) is 8.57. The fourth-order valence-electron chi connectivity index (χ4n) is 7.48. The Bertz CT molecular complexity index is 727. The minimum absolute atomic E-state index is 0. The number of fused-ring (bicyclic) bond motifs is 2. The topological polar surface area (TPSA) is 30.3 Å². The Balaban J connectivity index is 0.000000293. The average Bonchev–Trinajstić information content (AvgIpc) is 3.33. The monoisotopic (exact) mass is 634 g/mol. The number of nitrogens with zero attached hydrogens (tertiary/aromatic N) is 6.